The molecule has 0 aliphatic rings. The van der Waals surface area contributed by atoms with Crippen molar-refractivity contribution in [2.45, 2.75) is 88.1 Å². The number of carbonyl (C=O) groups excluding carboxylic acids is 6. The van der Waals surface area contributed by atoms with Crippen molar-refractivity contribution < 1.29 is 92.9 Å². The third-order valence-corrected chi connectivity index (χ3v) is 10.8. The number of urea groups is 2. The van der Waals surface area contributed by atoms with Crippen LogP contribution in [0.2, 0.25) is 0 Å². The minimum atomic E-state index is -1.90. The first-order valence-corrected chi connectivity index (χ1v) is 22.1. The number of carbonyl (C=O) groups is 12. The van der Waals surface area contributed by atoms with E-state index in [0.717, 1.165) is 21.6 Å². The predicted molar refractivity (Wildman–Crippen MR) is 232 cm³/mol. The van der Waals surface area contributed by atoms with Crippen LogP contribution in [0.5, 0.6) is 0 Å². The van der Waals surface area contributed by atoms with Crippen molar-refractivity contribution in [3.05, 3.63) is 35.4 Å². The van der Waals surface area contributed by atoms with E-state index in [9.17, 15) is 78.0 Å². The number of hydrogen-bond acceptors (Lipinski definition) is 16. The van der Waals surface area contributed by atoms with Gasteiger partial charge in [-0.15, -0.1) is 0 Å². The van der Waals surface area contributed by atoms with Gasteiger partial charge in [0.2, 0.25) is 25.7 Å². The summed E-state index contributed by atoms with van der Waals surface area (Å²) in [5.41, 5.74) is 2.91. The maximum absolute atomic E-state index is 13.1. The van der Waals surface area contributed by atoms with Crippen molar-refractivity contribution in [1.29, 1.82) is 0 Å². The molecule has 5 atom stereocenters. The molecule has 31 heteroatoms. The number of nitrogens with one attached hydrogen (secondary N) is 9. The lowest BCUT2D eigenvalue weighted by molar-refractivity contribution is -0.144. The molecule has 0 aromatic heterocycles. The van der Waals surface area contributed by atoms with E-state index < -0.39 is 128 Å². The van der Waals surface area contributed by atoms with Gasteiger partial charge in [-0.1, -0.05) is 45.9 Å². The van der Waals surface area contributed by atoms with Crippen molar-refractivity contribution in [2.75, 3.05) is 24.7 Å². The van der Waals surface area contributed by atoms with Crippen molar-refractivity contribution in [2.24, 2.45) is 0 Å². The van der Waals surface area contributed by atoms with Crippen molar-refractivity contribution >= 4 is 101 Å². The van der Waals surface area contributed by atoms with Crippen LogP contribution in [-0.4, -0.2) is 165 Å². The number of aliphatic carboxylic acids is 6. The molecule has 1 aromatic carbocycles. The van der Waals surface area contributed by atoms with Crippen LogP contribution in [0.1, 0.15) is 56.1 Å². The van der Waals surface area contributed by atoms with Crippen molar-refractivity contribution in [1.82, 2.24) is 48.0 Å². The van der Waals surface area contributed by atoms with Gasteiger partial charge in [-0.3, -0.25) is 39.5 Å². The lowest BCUT2D eigenvalue weighted by atomic mass is 10.1. The molecule has 67 heavy (non-hydrogen) atoms. The van der Waals surface area contributed by atoms with Crippen LogP contribution in [0.3, 0.4) is 0 Å². The Balaban J connectivity index is 2.67. The number of rotatable bonds is 33. The molecule has 0 saturated heterocycles. The fourth-order valence-corrected chi connectivity index (χ4v) is 7.17. The molecule has 15 N–H and O–H groups in total. The van der Waals surface area contributed by atoms with Crippen LogP contribution in [0.15, 0.2) is 24.3 Å². The third-order valence-electron chi connectivity index (χ3n) is 8.45. The molecule has 0 heterocycles. The second-order valence-electron chi connectivity index (χ2n) is 13.7. The van der Waals surface area contributed by atoms with Gasteiger partial charge >= 0.3 is 54.0 Å². The quantitative estimate of drug-likeness (QED) is 0.0149. The number of carboxylic acid groups (broad SMARTS) is 6. The van der Waals surface area contributed by atoms with E-state index in [1.807, 2.05) is 16.1 Å². The van der Waals surface area contributed by atoms with Gasteiger partial charge in [0.15, 0.2) is 0 Å². The Kier molecular flexibility index (Phi) is 27.5. The number of hydrogen-bond donors (Lipinski definition) is 15. The number of carboxylic acids is 6. The molecular formula is C36H50BN9O19S2. The number of hydrazine groups is 1. The Hall–Kier alpha value is -7.02. The van der Waals surface area contributed by atoms with E-state index in [4.69, 9.17) is 22.9 Å². The number of benzene rings is 1. The van der Waals surface area contributed by atoms with E-state index in [1.54, 1.807) is 12.1 Å². The Morgan fingerprint density at radius 2 is 1.12 bits per heavy atom. The molecule has 0 saturated carbocycles. The fraction of sp³-hybridized carbons (Fsp3) is 0.500. The molecule has 368 valence electrons. The topological polar surface area (TPSA) is 444 Å². The lowest BCUT2D eigenvalue weighted by Gasteiger charge is -2.23. The van der Waals surface area contributed by atoms with Gasteiger partial charge in [-0.25, -0.2) is 28.8 Å². The summed E-state index contributed by atoms with van der Waals surface area (Å²) in [7, 11) is 6.94. The summed E-state index contributed by atoms with van der Waals surface area (Å²) in [6.45, 7) is 0.0291. The monoisotopic (exact) mass is 987 g/mol. The zero-order chi connectivity index (χ0) is 50.5. The first-order chi connectivity index (χ1) is 31.6. The molecule has 1 aromatic rings. The third kappa shape index (κ3) is 26.5. The zero-order valence-electron chi connectivity index (χ0n) is 35.3. The molecule has 0 spiro atoms. The van der Waals surface area contributed by atoms with Crippen LogP contribution in [-0.2, 0) is 60.9 Å². The summed E-state index contributed by atoms with van der Waals surface area (Å²) in [6, 6.07) is -3.85. The summed E-state index contributed by atoms with van der Waals surface area (Å²) < 4.78 is 4.75. The number of unbranched alkanes of at least 4 members (excludes halogenated alkanes) is 1. The van der Waals surface area contributed by atoms with E-state index in [-0.39, 0.29) is 56.9 Å². The first-order valence-electron chi connectivity index (χ1n) is 19.6. The summed E-state index contributed by atoms with van der Waals surface area (Å²) in [5.74, 6) is -12.2. The summed E-state index contributed by atoms with van der Waals surface area (Å²) in [4.78, 5) is 143. The fourth-order valence-electron chi connectivity index (χ4n) is 5.19. The maximum Gasteiger partial charge on any atom is 0.420 e. The van der Waals surface area contributed by atoms with Gasteiger partial charge in [0.25, 0.3) is 0 Å². The Morgan fingerprint density at radius 3 is 1.66 bits per heavy atom. The second-order valence-corrected chi connectivity index (χ2v) is 16.3. The Morgan fingerprint density at radius 1 is 0.582 bits per heavy atom. The van der Waals surface area contributed by atoms with Gasteiger partial charge in [-0.2, -0.15) is 0 Å². The first kappa shape index (κ1) is 58.0. The highest BCUT2D eigenvalue weighted by molar-refractivity contribution is 8.76. The Bertz CT molecular complexity index is 1920. The molecule has 1 rings (SSSR count). The molecule has 0 bridgehead atoms. The van der Waals surface area contributed by atoms with Gasteiger partial charge < -0.3 is 72.6 Å². The smallest absolute Gasteiger partial charge is 0.420 e. The molecular weight excluding hydrogens is 937 g/mol. The Labute approximate surface area is 389 Å². The summed E-state index contributed by atoms with van der Waals surface area (Å²) in [6.07, 6.45) is -3.84. The van der Waals surface area contributed by atoms with E-state index >= 15 is 0 Å². The minimum Gasteiger partial charge on any atom is -0.481 e. The average molecular weight is 988 g/mol. The highest BCUT2D eigenvalue weighted by Crippen LogP contribution is 2.22. The SMILES string of the molecule is [B]NNC(=O)OCCSSC[C@H](NC(=O)[C@H](CC(=O)O)NC(=O)[C@H](CC(=O)O)NC(=O)Cc1ccc(CNC(=O)NCCCC[C@H](NC(=O)N[C@@H](CCC(=O)O)C(=O)O)C(=O)O)cc1)C(=O)O. The zero-order valence-corrected chi connectivity index (χ0v) is 36.9. The van der Waals surface area contributed by atoms with Crippen LogP contribution in [0, 0.1) is 0 Å². The number of ether oxygens (including phenoxy) is 1. The number of amides is 8. The van der Waals surface area contributed by atoms with Crippen molar-refractivity contribution in [3.63, 3.8) is 0 Å². The van der Waals surface area contributed by atoms with Gasteiger partial charge in [-0.05, 0) is 36.8 Å². The normalized spacial score (nSPS) is 12.8. The molecule has 0 unspecified atom stereocenters. The molecule has 0 aliphatic carbocycles. The largest absolute Gasteiger partial charge is 0.481 e. The molecule has 0 aliphatic heterocycles. The van der Waals surface area contributed by atoms with E-state index in [0.29, 0.717) is 11.1 Å². The molecule has 8 amide bonds. The van der Waals surface area contributed by atoms with Crippen LogP contribution < -0.4 is 48.0 Å². The van der Waals surface area contributed by atoms with Gasteiger partial charge in [0.05, 0.1) is 19.3 Å². The summed E-state index contributed by atoms with van der Waals surface area (Å²) >= 11 is 0. The average Bonchev–Trinajstić information content (AvgIpc) is 3.23. The van der Waals surface area contributed by atoms with E-state index in [2.05, 4.69) is 31.9 Å². The molecule has 0 fully saturated rings. The highest BCUT2D eigenvalue weighted by Gasteiger charge is 2.32. The predicted octanol–water partition coefficient (Wildman–Crippen LogP) is -2.55. The standard InChI is InChI=1S/C36H50BN9O19S2/c37-46-45-36(64)65-11-12-66-67-17-24(33(60)61)42-30(55)23(15-28(52)53)41-29(54)22(14-27(50)51)40-25(47)13-18-4-6-19(7-5-18)16-39-34(62)38-10-2-1-3-20(31(56)57)43-35(63)44-21(32(58)59)8-9-26(48)49/h4-7,20-24,46H,1-3,8-17H2,(H,40,47)(H,41,54)(H,42,55)(H,45,64)(H,48,49)(H,50,51)(H,52,53)(H,56,57)(H,58,59)(H,60,61)(H2,38,39,62)(H2,43,44,63)/t20-,21-,22-,23-,24-/m0/s1. The minimum absolute atomic E-state index is 0.0180. The van der Waals surface area contributed by atoms with Crippen LogP contribution in [0.25, 0.3) is 0 Å². The maximum atomic E-state index is 13.1. The molecule has 28 nitrogen and oxygen atoms in total. The van der Waals surface area contributed by atoms with Gasteiger partial charge in [0, 0.05) is 31.0 Å². The highest BCUT2D eigenvalue weighted by atomic mass is 33.1. The van der Waals surface area contributed by atoms with Crippen LogP contribution in [0.4, 0.5) is 14.4 Å². The van der Waals surface area contributed by atoms with Crippen molar-refractivity contribution in [3.8, 4) is 0 Å². The lowest BCUT2D eigenvalue weighted by Crippen LogP contribution is -2.57. The second kappa shape index (κ2) is 31.8. The van der Waals surface area contributed by atoms with Crippen LogP contribution >= 0.6 is 21.6 Å². The molecule has 2 radical (unpaired) electrons. The van der Waals surface area contributed by atoms with Gasteiger partial charge in [0.1, 0.15) is 36.8 Å². The summed E-state index contributed by atoms with van der Waals surface area (Å²) in [5, 5.41) is 73.2. The van der Waals surface area contributed by atoms with E-state index in [1.165, 1.54) is 12.1 Å².